The van der Waals surface area contributed by atoms with Crippen LogP contribution in [0.1, 0.15) is 19.8 Å². The predicted molar refractivity (Wildman–Crippen MR) is 85.5 cm³/mol. The van der Waals surface area contributed by atoms with Crippen LogP contribution in [0.5, 0.6) is 5.75 Å². The minimum absolute atomic E-state index is 0.00114. The fourth-order valence-corrected chi connectivity index (χ4v) is 3.69. The minimum Gasteiger partial charge on any atom is -0.497 e. The van der Waals surface area contributed by atoms with Gasteiger partial charge in [0, 0.05) is 25.2 Å². The molecule has 1 heterocycles. The highest BCUT2D eigenvalue weighted by Crippen LogP contribution is 2.26. The number of ether oxygens (including phenoxy) is 1. The van der Waals surface area contributed by atoms with Gasteiger partial charge < -0.3 is 9.64 Å². The molecule has 1 atom stereocenters. The lowest BCUT2D eigenvalue weighted by molar-refractivity contribution is -0.117. The van der Waals surface area contributed by atoms with Crippen LogP contribution in [0.15, 0.2) is 24.3 Å². The van der Waals surface area contributed by atoms with Crippen molar-refractivity contribution in [2.24, 2.45) is 5.92 Å². The van der Waals surface area contributed by atoms with Gasteiger partial charge in [-0.25, -0.2) is 13.1 Å². The van der Waals surface area contributed by atoms with Gasteiger partial charge in [-0.3, -0.25) is 4.79 Å². The molecule has 1 amide bonds. The van der Waals surface area contributed by atoms with Crippen molar-refractivity contribution in [2.75, 3.05) is 30.9 Å². The van der Waals surface area contributed by atoms with Crippen LogP contribution in [0.2, 0.25) is 0 Å². The van der Waals surface area contributed by atoms with E-state index < -0.39 is 10.0 Å². The number of nitrogens with one attached hydrogen (secondary N) is 1. The van der Waals surface area contributed by atoms with Crippen LogP contribution in [0, 0.1) is 5.92 Å². The predicted octanol–water partition coefficient (Wildman–Crippen LogP) is 1.38. The Morgan fingerprint density at radius 2 is 2.00 bits per heavy atom. The van der Waals surface area contributed by atoms with Crippen LogP contribution in [0.3, 0.4) is 0 Å². The second-order valence-corrected chi connectivity index (χ2v) is 7.37. The van der Waals surface area contributed by atoms with E-state index in [1.54, 1.807) is 24.1 Å². The number of carbonyl (C=O) groups excluding carboxylic acids is 1. The van der Waals surface area contributed by atoms with Gasteiger partial charge in [0.15, 0.2) is 0 Å². The lowest BCUT2D eigenvalue weighted by Crippen LogP contribution is -2.32. The number of methoxy groups -OCH3 is 1. The Labute approximate surface area is 131 Å². The number of sulfonamides is 1. The molecule has 122 valence electrons. The molecule has 22 heavy (non-hydrogen) atoms. The first kappa shape index (κ1) is 16.8. The van der Waals surface area contributed by atoms with E-state index in [1.165, 1.54) is 0 Å². The number of benzene rings is 1. The molecule has 1 aliphatic rings. The molecule has 1 N–H and O–H groups in total. The summed E-state index contributed by atoms with van der Waals surface area (Å²) in [5.41, 5.74) is 0.810. The lowest BCUT2D eigenvalue weighted by atomic mass is 10.1. The summed E-state index contributed by atoms with van der Waals surface area (Å²) in [5.74, 6) is 0.876. The standard InChI is InChI=1S/C15H22N2O4S/c1-3-8-22(19,20)16-10-12-9-15(18)17(11-12)13-4-6-14(21-2)7-5-13/h4-7,12,16H,3,8-11H2,1-2H3. The van der Waals surface area contributed by atoms with Crippen LogP contribution in [-0.2, 0) is 14.8 Å². The molecule has 0 bridgehead atoms. The van der Waals surface area contributed by atoms with Gasteiger partial charge in [0.1, 0.15) is 5.75 Å². The average Bonchev–Trinajstić information content (AvgIpc) is 2.86. The third-order valence-electron chi connectivity index (χ3n) is 3.65. The van der Waals surface area contributed by atoms with Gasteiger partial charge in [0.05, 0.1) is 12.9 Å². The van der Waals surface area contributed by atoms with Crippen molar-refractivity contribution in [1.29, 1.82) is 0 Å². The summed E-state index contributed by atoms with van der Waals surface area (Å²) in [6.45, 7) is 2.66. The average molecular weight is 326 g/mol. The maximum atomic E-state index is 12.1. The molecule has 1 aromatic carbocycles. The van der Waals surface area contributed by atoms with Crippen LogP contribution < -0.4 is 14.4 Å². The second kappa shape index (κ2) is 7.11. The number of amides is 1. The molecule has 1 fully saturated rings. The van der Waals surface area contributed by atoms with E-state index in [1.807, 2.05) is 19.1 Å². The first-order chi connectivity index (χ1) is 10.4. The molecule has 1 saturated heterocycles. The van der Waals surface area contributed by atoms with Gasteiger partial charge in [0.25, 0.3) is 0 Å². The number of hydrogen-bond donors (Lipinski definition) is 1. The van der Waals surface area contributed by atoms with Crippen molar-refractivity contribution in [3.63, 3.8) is 0 Å². The maximum absolute atomic E-state index is 12.1. The summed E-state index contributed by atoms with van der Waals surface area (Å²) in [5, 5.41) is 0. The van der Waals surface area contributed by atoms with Crippen LogP contribution in [0.25, 0.3) is 0 Å². The molecular formula is C15H22N2O4S. The molecule has 6 nitrogen and oxygen atoms in total. The Bertz CT molecular complexity index is 613. The van der Waals surface area contributed by atoms with Crippen molar-refractivity contribution < 1.29 is 17.9 Å². The van der Waals surface area contributed by atoms with E-state index in [9.17, 15) is 13.2 Å². The summed E-state index contributed by atoms with van der Waals surface area (Å²) in [6, 6.07) is 7.28. The number of anilines is 1. The molecule has 7 heteroatoms. The molecule has 2 rings (SSSR count). The first-order valence-electron chi connectivity index (χ1n) is 7.37. The maximum Gasteiger partial charge on any atom is 0.227 e. The molecule has 1 aliphatic heterocycles. The van der Waals surface area contributed by atoms with Crippen molar-refractivity contribution in [1.82, 2.24) is 4.72 Å². The quantitative estimate of drug-likeness (QED) is 0.821. The second-order valence-electron chi connectivity index (χ2n) is 5.44. The summed E-state index contributed by atoms with van der Waals surface area (Å²) >= 11 is 0. The van der Waals surface area contributed by atoms with Gasteiger partial charge in [-0.15, -0.1) is 0 Å². The number of rotatable bonds is 7. The van der Waals surface area contributed by atoms with Gasteiger partial charge >= 0.3 is 0 Å². The van der Waals surface area contributed by atoms with Crippen molar-refractivity contribution >= 4 is 21.6 Å². The number of nitrogens with zero attached hydrogens (tertiary/aromatic N) is 1. The third-order valence-corrected chi connectivity index (χ3v) is 5.21. The Morgan fingerprint density at radius 3 is 2.59 bits per heavy atom. The topological polar surface area (TPSA) is 75.7 Å². The fourth-order valence-electron chi connectivity index (χ4n) is 2.52. The van der Waals surface area contributed by atoms with Crippen LogP contribution >= 0.6 is 0 Å². The molecule has 1 unspecified atom stereocenters. The van der Waals surface area contributed by atoms with Crippen LogP contribution in [-0.4, -0.2) is 40.3 Å². The minimum atomic E-state index is -3.22. The van der Waals surface area contributed by atoms with E-state index in [0.29, 0.717) is 25.9 Å². The van der Waals surface area contributed by atoms with Gasteiger partial charge in [0.2, 0.25) is 15.9 Å². The summed E-state index contributed by atoms with van der Waals surface area (Å²) in [7, 11) is -1.63. The molecule has 0 saturated carbocycles. The van der Waals surface area contributed by atoms with Gasteiger partial charge in [-0.05, 0) is 36.6 Å². The highest BCUT2D eigenvalue weighted by molar-refractivity contribution is 7.89. The van der Waals surface area contributed by atoms with E-state index in [0.717, 1.165) is 11.4 Å². The van der Waals surface area contributed by atoms with E-state index >= 15 is 0 Å². The summed E-state index contributed by atoms with van der Waals surface area (Å²) in [6.07, 6.45) is 0.942. The zero-order valence-corrected chi connectivity index (χ0v) is 13.7. The van der Waals surface area contributed by atoms with E-state index in [2.05, 4.69) is 4.72 Å². The molecule has 0 aromatic heterocycles. The van der Waals surface area contributed by atoms with Crippen molar-refractivity contribution in [2.45, 2.75) is 19.8 Å². The Hall–Kier alpha value is -1.60. The Morgan fingerprint density at radius 1 is 1.32 bits per heavy atom. The fraction of sp³-hybridized carbons (Fsp3) is 0.533. The number of carbonyl (C=O) groups is 1. The van der Waals surface area contributed by atoms with Crippen molar-refractivity contribution in [3.8, 4) is 5.75 Å². The number of hydrogen-bond acceptors (Lipinski definition) is 4. The normalized spacial score (nSPS) is 18.7. The Balaban J connectivity index is 1.95. The SMILES string of the molecule is CCCS(=O)(=O)NCC1CC(=O)N(c2ccc(OC)cc2)C1. The largest absolute Gasteiger partial charge is 0.497 e. The van der Waals surface area contributed by atoms with E-state index in [4.69, 9.17) is 4.74 Å². The smallest absolute Gasteiger partial charge is 0.227 e. The molecule has 0 spiro atoms. The molecule has 1 aromatic rings. The molecule has 0 aliphatic carbocycles. The molecule has 0 radical (unpaired) electrons. The summed E-state index contributed by atoms with van der Waals surface area (Å²) < 4.78 is 31.0. The van der Waals surface area contributed by atoms with Crippen LogP contribution in [0.4, 0.5) is 5.69 Å². The zero-order valence-electron chi connectivity index (χ0n) is 12.9. The van der Waals surface area contributed by atoms with Crippen molar-refractivity contribution in [3.05, 3.63) is 24.3 Å². The monoisotopic (exact) mass is 326 g/mol. The summed E-state index contributed by atoms with van der Waals surface area (Å²) in [4.78, 5) is 13.8. The lowest BCUT2D eigenvalue weighted by Gasteiger charge is -2.17. The molecular weight excluding hydrogens is 304 g/mol. The van der Waals surface area contributed by atoms with Gasteiger partial charge in [-0.2, -0.15) is 0 Å². The Kier molecular flexibility index (Phi) is 5.42. The highest BCUT2D eigenvalue weighted by atomic mass is 32.2. The highest BCUT2D eigenvalue weighted by Gasteiger charge is 2.31. The first-order valence-corrected chi connectivity index (χ1v) is 9.02. The van der Waals surface area contributed by atoms with E-state index in [-0.39, 0.29) is 17.6 Å². The van der Waals surface area contributed by atoms with Gasteiger partial charge in [-0.1, -0.05) is 6.92 Å². The zero-order chi connectivity index (χ0) is 16.2. The third kappa shape index (κ3) is 4.20.